The fourth-order valence-corrected chi connectivity index (χ4v) is 5.38. The molecule has 2 aromatic rings. The van der Waals surface area contributed by atoms with E-state index in [1.165, 1.54) is 22.3 Å². The van der Waals surface area contributed by atoms with Crippen molar-refractivity contribution in [3.8, 4) is 22.6 Å². The highest BCUT2D eigenvalue weighted by molar-refractivity contribution is 5.95. The Labute approximate surface area is 209 Å². The molecular formula is C31H36O4. The predicted molar refractivity (Wildman–Crippen MR) is 140 cm³/mol. The number of ether oxygens (including phenoxy) is 2. The van der Waals surface area contributed by atoms with Crippen LogP contribution in [0.15, 0.2) is 36.4 Å². The molecule has 0 fully saturated rings. The molecule has 35 heavy (non-hydrogen) atoms. The highest BCUT2D eigenvalue weighted by Gasteiger charge is 2.31. The van der Waals surface area contributed by atoms with Gasteiger partial charge in [-0.15, -0.1) is 0 Å². The van der Waals surface area contributed by atoms with Gasteiger partial charge in [-0.2, -0.15) is 0 Å². The standard InChI is InChI=1S/C31H36O4/c1-7-21-17-23-13-9-11-15-25(23)27(29(21)35-31(33)19(4)5)26-24-14-10-8-12-22(24)16-20(6)28(26)34-30(32)18(2)3/h16-17H,2,4,7-15H2,1,3,5-6H3. The van der Waals surface area contributed by atoms with Crippen molar-refractivity contribution in [2.75, 3.05) is 0 Å². The molecule has 0 bridgehead atoms. The zero-order chi connectivity index (χ0) is 25.3. The topological polar surface area (TPSA) is 52.6 Å². The molecule has 0 aliphatic heterocycles. The van der Waals surface area contributed by atoms with E-state index in [1.54, 1.807) is 13.8 Å². The Morgan fingerprint density at radius 3 is 1.74 bits per heavy atom. The zero-order valence-corrected chi connectivity index (χ0v) is 21.6. The molecule has 0 radical (unpaired) electrons. The van der Waals surface area contributed by atoms with Gasteiger partial charge in [0.2, 0.25) is 0 Å². The van der Waals surface area contributed by atoms with Gasteiger partial charge < -0.3 is 9.47 Å². The number of carbonyl (C=O) groups is 2. The molecule has 0 heterocycles. The minimum Gasteiger partial charge on any atom is -0.422 e. The highest BCUT2D eigenvalue weighted by atomic mass is 16.5. The van der Waals surface area contributed by atoms with Crippen LogP contribution in [-0.4, -0.2) is 11.9 Å². The van der Waals surface area contributed by atoms with Crippen LogP contribution in [0.4, 0.5) is 0 Å². The SMILES string of the molecule is C=C(C)C(=O)Oc1c(C)cc2c(c1-c1c3c(cc(CC)c1OC(=O)C(=C)C)CCCC3)CCCC2. The number of aryl methyl sites for hydroxylation is 4. The van der Waals surface area contributed by atoms with Crippen LogP contribution in [0.2, 0.25) is 0 Å². The van der Waals surface area contributed by atoms with Crippen LogP contribution in [0.25, 0.3) is 11.1 Å². The van der Waals surface area contributed by atoms with Crippen molar-refractivity contribution in [2.24, 2.45) is 0 Å². The molecule has 0 amide bonds. The Morgan fingerprint density at radius 2 is 1.23 bits per heavy atom. The van der Waals surface area contributed by atoms with Gasteiger partial charge in [-0.05, 0) is 112 Å². The lowest BCUT2D eigenvalue weighted by atomic mass is 9.78. The first-order valence-electron chi connectivity index (χ1n) is 12.8. The van der Waals surface area contributed by atoms with Gasteiger partial charge in [-0.3, -0.25) is 0 Å². The van der Waals surface area contributed by atoms with E-state index in [1.807, 2.05) is 6.92 Å². The van der Waals surface area contributed by atoms with Crippen molar-refractivity contribution in [2.45, 2.75) is 85.5 Å². The normalized spacial score (nSPS) is 14.5. The van der Waals surface area contributed by atoms with Gasteiger partial charge in [0.1, 0.15) is 11.5 Å². The summed E-state index contributed by atoms with van der Waals surface area (Å²) in [5, 5.41) is 0. The molecule has 4 nitrogen and oxygen atoms in total. The average molecular weight is 473 g/mol. The second-order valence-electron chi connectivity index (χ2n) is 10.0. The predicted octanol–water partition coefficient (Wildman–Crippen LogP) is 6.95. The van der Waals surface area contributed by atoms with Gasteiger partial charge in [-0.1, -0.05) is 32.2 Å². The van der Waals surface area contributed by atoms with E-state index >= 15 is 0 Å². The summed E-state index contributed by atoms with van der Waals surface area (Å²) in [6.45, 7) is 15.0. The number of benzene rings is 2. The maximum atomic E-state index is 12.8. The molecule has 2 aliphatic carbocycles. The molecule has 0 aromatic heterocycles. The summed E-state index contributed by atoms with van der Waals surface area (Å²) < 4.78 is 12.1. The van der Waals surface area contributed by atoms with E-state index in [2.05, 4.69) is 32.2 Å². The third-order valence-corrected chi connectivity index (χ3v) is 7.19. The molecule has 2 aromatic carbocycles. The van der Waals surface area contributed by atoms with Crippen LogP contribution in [0.1, 0.15) is 79.8 Å². The molecule has 4 heteroatoms. The van der Waals surface area contributed by atoms with Gasteiger partial charge in [0, 0.05) is 22.3 Å². The molecule has 0 N–H and O–H groups in total. The first kappa shape index (κ1) is 25.0. The Morgan fingerprint density at radius 1 is 0.771 bits per heavy atom. The lowest BCUT2D eigenvalue weighted by Crippen LogP contribution is -2.17. The van der Waals surface area contributed by atoms with Gasteiger partial charge in [0.15, 0.2) is 0 Å². The van der Waals surface area contributed by atoms with Crippen LogP contribution in [0.3, 0.4) is 0 Å². The Hall–Kier alpha value is -3.14. The van der Waals surface area contributed by atoms with Crippen LogP contribution in [-0.2, 0) is 41.7 Å². The second kappa shape index (κ2) is 10.2. The molecule has 0 unspecified atom stereocenters. The van der Waals surface area contributed by atoms with Crippen LogP contribution >= 0.6 is 0 Å². The molecule has 4 rings (SSSR count). The lowest BCUT2D eigenvalue weighted by Gasteiger charge is -2.29. The minimum atomic E-state index is -0.439. The molecular weight excluding hydrogens is 436 g/mol. The molecule has 0 saturated heterocycles. The summed E-state index contributed by atoms with van der Waals surface area (Å²) in [5.74, 6) is 0.282. The average Bonchev–Trinajstić information content (AvgIpc) is 2.84. The molecule has 0 atom stereocenters. The number of fused-ring (bicyclic) bond motifs is 2. The van der Waals surface area contributed by atoms with Gasteiger partial charge in [-0.25, -0.2) is 9.59 Å². The summed E-state index contributed by atoms with van der Waals surface area (Å²) in [6.07, 6.45) is 8.97. The van der Waals surface area contributed by atoms with Crippen LogP contribution in [0.5, 0.6) is 11.5 Å². The monoisotopic (exact) mass is 472 g/mol. The van der Waals surface area contributed by atoms with E-state index in [0.29, 0.717) is 22.6 Å². The van der Waals surface area contributed by atoms with E-state index in [-0.39, 0.29) is 0 Å². The van der Waals surface area contributed by atoms with Crippen molar-refractivity contribution in [3.63, 3.8) is 0 Å². The largest absolute Gasteiger partial charge is 0.422 e. The van der Waals surface area contributed by atoms with Crippen molar-refractivity contribution in [1.82, 2.24) is 0 Å². The lowest BCUT2D eigenvalue weighted by molar-refractivity contribution is -0.131. The highest BCUT2D eigenvalue weighted by Crippen LogP contribution is 2.49. The van der Waals surface area contributed by atoms with E-state index in [4.69, 9.17) is 9.47 Å². The number of carbonyl (C=O) groups excluding carboxylic acids is 2. The summed E-state index contributed by atoms with van der Waals surface area (Å²) >= 11 is 0. The van der Waals surface area contributed by atoms with Crippen LogP contribution in [0, 0.1) is 6.92 Å². The summed E-state index contributed by atoms with van der Waals surface area (Å²) in [4.78, 5) is 25.6. The van der Waals surface area contributed by atoms with Crippen molar-refractivity contribution in [3.05, 3.63) is 69.8 Å². The van der Waals surface area contributed by atoms with Gasteiger partial charge >= 0.3 is 11.9 Å². The fourth-order valence-electron chi connectivity index (χ4n) is 5.38. The second-order valence-corrected chi connectivity index (χ2v) is 10.0. The third kappa shape index (κ3) is 4.84. The number of hydrogen-bond donors (Lipinski definition) is 0. The fraction of sp³-hybridized carbons (Fsp3) is 0.419. The van der Waals surface area contributed by atoms with Gasteiger partial charge in [0.05, 0.1) is 0 Å². The van der Waals surface area contributed by atoms with E-state index in [0.717, 1.165) is 80.0 Å². The van der Waals surface area contributed by atoms with Crippen molar-refractivity contribution < 1.29 is 19.1 Å². The summed E-state index contributed by atoms with van der Waals surface area (Å²) in [6, 6.07) is 4.37. The maximum absolute atomic E-state index is 12.8. The number of esters is 2. The Bertz CT molecular complexity index is 1230. The molecule has 2 aliphatic rings. The maximum Gasteiger partial charge on any atom is 0.338 e. The first-order chi connectivity index (χ1) is 16.7. The quantitative estimate of drug-likeness (QED) is 0.259. The summed E-state index contributed by atoms with van der Waals surface area (Å²) in [7, 11) is 0. The third-order valence-electron chi connectivity index (χ3n) is 7.19. The molecule has 0 spiro atoms. The summed E-state index contributed by atoms with van der Waals surface area (Å²) in [5.41, 5.74) is 9.50. The Balaban J connectivity index is 2.10. The van der Waals surface area contributed by atoms with Crippen molar-refractivity contribution in [1.29, 1.82) is 0 Å². The van der Waals surface area contributed by atoms with Crippen molar-refractivity contribution >= 4 is 11.9 Å². The minimum absolute atomic E-state index is 0.353. The molecule has 184 valence electrons. The van der Waals surface area contributed by atoms with Crippen LogP contribution < -0.4 is 9.47 Å². The number of hydrogen-bond acceptors (Lipinski definition) is 4. The Kier molecular flexibility index (Phi) is 7.30. The number of rotatable bonds is 6. The smallest absolute Gasteiger partial charge is 0.338 e. The van der Waals surface area contributed by atoms with E-state index in [9.17, 15) is 9.59 Å². The zero-order valence-electron chi connectivity index (χ0n) is 21.6. The van der Waals surface area contributed by atoms with Gasteiger partial charge in [0.25, 0.3) is 0 Å². The van der Waals surface area contributed by atoms with E-state index < -0.39 is 11.9 Å². The molecule has 0 saturated carbocycles. The first-order valence-corrected chi connectivity index (χ1v) is 12.8.